The van der Waals surface area contributed by atoms with Crippen LogP contribution in [0.4, 0.5) is 0 Å². The number of rotatable bonds is 4. The van der Waals surface area contributed by atoms with E-state index in [9.17, 15) is 8.42 Å². The van der Waals surface area contributed by atoms with Crippen LogP contribution in [0.2, 0.25) is 0 Å². The summed E-state index contributed by atoms with van der Waals surface area (Å²) in [6, 6.07) is 0. The van der Waals surface area contributed by atoms with Gasteiger partial charge >= 0.3 is 0 Å². The molecule has 5 heteroatoms. The lowest BCUT2D eigenvalue weighted by Gasteiger charge is -2.19. The molecule has 1 fully saturated rings. The highest BCUT2D eigenvalue weighted by Crippen LogP contribution is 2.29. The quantitative estimate of drug-likeness (QED) is 0.795. The van der Waals surface area contributed by atoms with Gasteiger partial charge in [0.2, 0.25) is 10.0 Å². The molecular weight excluding hydrogens is 246 g/mol. The van der Waals surface area contributed by atoms with Gasteiger partial charge in [0.25, 0.3) is 0 Å². The number of hydrogen-bond donors (Lipinski definition) is 1. The van der Waals surface area contributed by atoms with Gasteiger partial charge in [-0.15, -0.1) is 11.6 Å². The minimum absolute atomic E-state index is 0.178. The van der Waals surface area contributed by atoms with Crippen molar-refractivity contribution in [3.05, 3.63) is 0 Å². The van der Waals surface area contributed by atoms with E-state index in [0.29, 0.717) is 12.5 Å². The third kappa shape index (κ3) is 5.51. The SMILES string of the molecule is CC(C)(C)CS(=O)(=O)NCC1CCC(Cl)C1. The Bertz CT molecular complexity index is 321. The Kier molecular flexibility index (Phi) is 4.66. The van der Waals surface area contributed by atoms with Gasteiger partial charge in [0.05, 0.1) is 5.75 Å². The molecule has 0 bridgehead atoms. The fourth-order valence-corrected chi connectivity index (χ4v) is 4.18. The van der Waals surface area contributed by atoms with Crippen molar-refractivity contribution in [3.63, 3.8) is 0 Å². The molecule has 0 saturated heterocycles. The van der Waals surface area contributed by atoms with Gasteiger partial charge in [0.1, 0.15) is 0 Å². The summed E-state index contributed by atoms with van der Waals surface area (Å²) in [5.41, 5.74) is -0.198. The van der Waals surface area contributed by atoms with E-state index in [1.165, 1.54) is 0 Å². The predicted octanol–water partition coefficient (Wildman–Crippen LogP) is 2.36. The average Bonchev–Trinajstić information content (AvgIpc) is 2.44. The Labute approximate surface area is 104 Å². The summed E-state index contributed by atoms with van der Waals surface area (Å²) in [4.78, 5) is 0. The molecule has 3 nitrogen and oxygen atoms in total. The lowest BCUT2D eigenvalue weighted by molar-refractivity contribution is 0.453. The topological polar surface area (TPSA) is 46.2 Å². The zero-order chi connectivity index (χ0) is 12.4. The van der Waals surface area contributed by atoms with Gasteiger partial charge in [-0.25, -0.2) is 13.1 Å². The third-order valence-corrected chi connectivity index (χ3v) is 4.94. The van der Waals surface area contributed by atoms with Gasteiger partial charge in [0.15, 0.2) is 0 Å². The van der Waals surface area contributed by atoms with Crippen LogP contribution in [0, 0.1) is 11.3 Å². The molecule has 2 atom stereocenters. The van der Waals surface area contributed by atoms with E-state index < -0.39 is 10.0 Å². The largest absolute Gasteiger partial charge is 0.215 e. The van der Waals surface area contributed by atoms with Crippen LogP contribution in [0.1, 0.15) is 40.0 Å². The summed E-state index contributed by atoms with van der Waals surface area (Å²) >= 11 is 5.99. The average molecular weight is 268 g/mol. The van der Waals surface area contributed by atoms with Crippen LogP contribution in [0.3, 0.4) is 0 Å². The monoisotopic (exact) mass is 267 g/mol. The van der Waals surface area contributed by atoms with Crippen molar-refractivity contribution in [2.75, 3.05) is 12.3 Å². The molecule has 1 N–H and O–H groups in total. The van der Waals surface area contributed by atoms with Crippen molar-refractivity contribution in [3.8, 4) is 0 Å². The van der Waals surface area contributed by atoms with Crippen molar-refractivity contribution in [1.82, 2.24) is 4.72 Å². The molecule has 96 valence electrons. The van der Waals surface area contributed by atoms with Gasteiger partial charge in [-0.2, -0.15) is 0 Å². The van der Waals surface area contributed by atoms with E-state index in [1.807, 2.05) is 20.8 Å². The summed E-state index contributed by atoms with van der Waals surface area (Å²) in [5.74, 6) is 0.592. The summed E-state index contributed by atoms with van der Waals surface area (Å²) in [6.45, 7) is 6.32. The Balaban J connectivity index is 2.37. The smallest absolute Gasteiger partial charge is 0.212 e. The third-order valence-electron chi connectivity index (χ3n) is 2.69. The minimum atomic E-state index is -3.14. The van der Waals surface area contributed by atoms with Crippen LogP contribution in [0.5, 0.6) is 0 Å². The van der Waals surface area contributed by atoms with E-state index in [4.69, 9.17) is 11.6 Å². The molecular formula is C11H22ClNO2S. The fraction of sp³-hybridized carbons (Fsp3) is 1.00. The fourth-order valence-electron chi connectivity index (χ4n) is 2.07. The molecule has 0 radical (unpaired) electrons. The first-order chi connectivity index (χ1) is 7.18. The normalized spacial score (nSPS) is 27.2. The van der Waals surface area contributed by atoms with Crippen LogP contribution in [0.25, 0.3) is 0 Å². The standard InChI is InChI=1S/C11H22ClNO2S/c1-11(2,3)8-16(14,15)13-7-9-4-5-10(12)6-9/h9-10,13H,4-8H2,1-3H3. The molecule has 16 heavy (non-hydrogen) atoms. The molecule has 0 aromatic rings. The lowest BCUT2D eigenvalue weighted by atomic mass is 10.0. The molecule has 0 aliphatic heterocycles. The highest BCUT2D eigenvalue weighted by molar-refractivity contribution is 7.89. The van der Waals surface area contributed by atoms with Crippen molar-refractivity contribution in [1.29, 1.82) is 0 Å². The summed E-state index contributed by atoms with van der Waals surface area (Å²) in [5, 5.41) is 0.233. The van der Waals surface area contributed by atoms with Gasteiger partial charge in [-0.1, -0.05) is 20.8 Å². The highest BCUT2D eigenvalue weighted by atomic mass is 35.5. The summed E-state index contributed by atoms with van der Waals surface area (Å²) in [7, 11) is -3.14. The van der Waals surface area contributed by atoms with Gasteiger partial charge in [-0.3, -0.25) is 0 Å². The zero-order valence-corrected chi connectivity index (χ0v) is 11.9. The molecule has 1 aliphatic carbocycles. The second kappa shape index (κ2) is 5.23. The summed E-state index contributed by atoms with van der Waals surface area (Å²) < 4.78 is 26.2. The van der Waals surface area contributed by atoms with Gasteiger partial charge < -0.3 is 0 Å². The number of alkyl halides is 1. The van der Waals surface area contributed by atoms with E-state index >= 15 is 0 Å². The molecule has 0 aromatic heterocycles. The van der Waals surface area contributed by atoms with E-state index in [2.05, 4.69) is 4.72 Å². The number of nitrogens with one attached hydrogen (secondary N) is 1. The van der Waals surface area contributed by atoms with Crippen molar-refractivity contribution >= 4 is 21.6 Å². The number of sulfonamides is 1. The van der Waals surface area contributed by atoms with E-state index in [0.717, 1.165) is 19.3 Å². The zero-order valence-electron chi connectivity index (χ0n) is 10.3. The molecule has 1 rings (SSSR count). The van der Waals surface area contributed by atoms with Gasteiger partial charge in [0, 0.05) is 11.9 Å². The van der Waals surface area contributed by atoms with Crippen LogP contribution in [-0.2, 0) is 10.0 Å². The maximum absolute atomic E-state index is 11.7. The van der Waals surface area contributed by atoms with Crippen LogP contribution in [0.15, 0.2) is 0 Å². The van der Waals surface area contributed by atoms with Gasteiger partial charge in [-0.05, 0) is 30.6 Å². The Morgan fingerprint density at radius 2 is 1.94 bits per heavy atom. The summed E-state index contributed by atoms with van der Waals surface area (Å²) in [6.07, 6.45) is 2.97. The Morgan fingerprint density at radius 1 is 1.31 bits per heavy atom. The number of halogens is 1. The molecule has 0 amide bonds. The second-order valence-corrected chi connectivity index (χ2v) is 8.37. The van der Waals surface area contributed by atoms with E-state index in [-0.39, 0.29) is 16.5 Å². The highest BCUT2D eigenvalue weighted by Gasteiger charge is 2.26. The first-order valence-corrected chi connectivity index (χ1v) is 7.88. The van der Waals surface area contributed by atoms with Crippen LogP contribution in [-0.4, -0.2) is 26.1 Å². The molecule has 0 heterocycles. The predicted molar refractivity (Wildman–Crippen MR) is 68.2 cm³/mol. The minimum Gasteiger partial charge on any atom is -0.215 e. The maximum atomic E-state index is 11.7. The Morgan fingerprint density at radius 3 is 2.38 bits per heavy atom. The molecule has 0 aromatic carbocycles. The molecule has 1 saturated carbocycles. The van der Waals surface area contributed by atoms with Crippen molar-refractivity contribution < 1.29 is 8.42 Å². The number of hydrogen-bond acceptors (Lipinski definition) is 2. The maximum Gasteiger partial charge on any atom is 0.212 e. The molecule has 0 spiro atoms. The first kappa shape index (κ1) is 14.3. The van der Waals surface area contributed by atoms with Crippen molar-refractivity contribution in [2.24, 2.45) is 11.3 Å². The second-order valence-electron chi connectivity index (χ2n) is 5.94. The molecule has 1 aliphatic rings. The van der Waals surface area contributed by atoms with Crippen molar-refractivity contribution in [2.45, 2.75) is 45.4 Å². The van der Waals surface area contributed by atoms with E-state index in [1.54, 1.807) is 0 Å². The Hall–Kier alpha value is 0.200. The van der Waals surface area contributed by atoms with Crippen LogP contribution < -0.4 is 4.72 Å². The molecule has 2 unspecified atom stereocenters. The first-order valence-electron chi connectivity index (χ1n) is 5.79. The van der Waals surface area contributed by atoms with Crippen LogP contribution >= 0.6 is 11.6 Å². The lowest BCUT2D eigenvalue weighted by Crippen LogP contribution is -2.35.